The Morgan fingerprint density at radius 1 is 1.45 bits per heavy atom. The molecule has 2 rings (SSSR count). The Morgan fingerprint density at radius 3 is 2.90 bits per heavy atom. The molecule has 3 nitrogen and oxygen atoms in total. The third-order valence-electron chi connectivity index (χ3n) is 2.47. The molecule has 20 heavy (non-hydrogen) atoms. The molecule has 0 fully saturated rings. The normalized spacial score (nSPS) is 10.8. The standard InChI is InChI=1S/C13H12BrClN2OS2/c1-18-6-9-12(14)13(19)17-11(16-9)7-20-10-5-3-2-4-8(10)15/h2-5H,6-7H2,1H3,(H,16,17,19). The minimum absolute atomic E-state index is 0.455. The van der Waals surface area contributed by atoms with Crippen molar-refractivity contribution in [2.45, 2.75) is 17.3 Å². The van der Waals surface area contributed by atoms with Crippen molar-refractivity contribution in [1.29, 1.82) is 0 Å². The van der Waals surface area contributed by atoms with Crippen LogP contribution in [0, 0.1) is 4.64 Å². The summed E-state index contributed by atoms with van der Waals surface area (Å²) < 4.78 is 6.45. The number of methoxy groups -OCH3 is 1. The first-order valence-electron chi connectivity index (χ1n) is 5.75. The van der Waals surface area contributed by atoms with Crippen molar-refractivity contribution in [3.63, 3.8) is 0 Å². The van der Waals surface area contributed by atoms with Gasteiger partial charge in [0.1, 0.15) is 10.5 Å². The van der Waals surface area contributed by atoms with Gasteiger partial charge >= 0.3 is 0 Å². The quantitative estimate of drug-likeness (QED) is 0.575. The zero-order valence-corrected chi connectivity index (χ0v) is 14.6. The Morgan fingerprint density at radius 2 is 2.20 bits per heavy atom. The molecule has 106 valence electrons. The molecule has 0 aliphatic rings. The van der Waals surface area contributed by atoms with E-state index in [1.165, 1.54) is 0 Å². The van der Waals surface area contributed by atoms with Crippen LogP contribution in [0.3, 0.4) is 0 Å². The molecule has 1 heterocycles. The van der Waals surface area contributed by atoms with Crippen LogP contribution in [0.1, 0.15) is 11.5 Å². The molecule has 0 aliphatic heterocycles. The predicted molar refractivity (Wildman–Crippen MR) is 88.8 cm³/mol. The first kappa shape index (κ1) is 16.0. The van der Waals surface area contributed by atoms with Gasteiger partial charge in [0, 0.05) is 12.0 Å². The topological polar surface area (TPSA) is 37.9 Å². The van der Waals surface area contributed by atoms with Crippen molar-refractivity contribution < 1.29 is 4.74 Å². The largest absolute Gasteiger partial charge is 0.378 e. The second-order valence-electron chi connectivity index (χ2n) is 3.93. The highest BCUT2D eigenvalue weighted by Crippen LogP contribution is 2.29. The molecule has 0 saturated carbocycles. The molecule has 0 unspecified atom stereocenters. The van der Waals surface area contributed by atoms with Crippen LogP contribution in [0.15, 0.2) is 33.6 Å². The SMILES string of the molecule is COCc1[nH]c(CSc2ccccc2Cl)nc(=S)c1Br. The molecule has 1 aromatic heterocycles. The summed E-state index contributed by atoms with van der Waals surface area (Å²) in [6, 6.07) is 7.73. The number of nitrogens with zero attached hydrogens (tertiary/aromatic N) is 1. The molecule has 0 spiro atoms. The molecule has 0 radical (unpaired) electrons. The minimum Gasteiger partial charge on any atom is -0.378 e. The summed E-state index contributed by atoms with van der Waals surface area (Å²) in [6.07, 6.45) is 0. The van der Waals surface area contributed by atoms with E-state index >= 15 is 0 Å². The fourth-order valence-corrected chi connectivity index (χ4v) is 3.22. The molecule has 0 amide bonds. The minimum atomic E-state index is 0.455. The van der Waals surface area contributed by atoms with E-state index in [9.17, 15) is 0 Å². The van der Waals surface area contributed by atoms with E-state index in [0.29, 0.717) is 17.0 Å². The van der Waals surface area contributed by atoms with Gasteiger partial charge in [0.2, 0.25) is 0 Å². The Bertz CT molecular complexity index is 663. The predicted octanol–water partition coefficient (Wildman–Crippen LogP) is 4.99. The molecular formula is C13H12BrClN2OS2. The van der Waals surface area contributed by atoms with Crippen LogP contribution in [0.5, 0.6) is 0 Å². The van der Waals surface area contributed by atoms with Gasteiger partial charge in [-0.25, -0.2) is 4.98 Å². The zero-order valence-electron chi connectivity index (χ0n) is 10.7. The molecule has 7 heteroatoms. The molecule has 0 bridgehead atoms. The number of nitrogens with one attached hydrogen (secondary N) is 1. The number of aromatic amines is 1. The lowest BCUT2D eigenvalue weighted by Gasteiger charge is -2.08. The van der Waals surface area contributed by atoms with Crippen molar-refractivity contribution in [3.8, 4) is 0 Å². The third-order valence-corrected chi connectivity index (χ3v) is 5.41. The molecular weight excluding hydrogens is 380 g/mol. The van der Waals surface area contributed by atoms with Gasteiger partial charge in [-0.1, -0.05) is 36.0 Å². The maximum Gasteiger partial charge on any atom is 0.144 e. The van der Waals surface area contributed by atoms with Crippen LogP contribution >= 0.6 is 51.5 Å². The molecule has 0 saturated heterocycles. The Balaban J connectivity index is 2.18. The summed E-state index contributed by atoms with van der Waals surface area (Å²) in [6.45, 7) is 0.455. The fourth-order valence-electron chi connectivity index (χ4n) is 1.58. The third kappa shape index (κ3) is 4.05. The first-order valence-corrected chi connectivity index (χ1v) is 8.32. The summed E-state index contributed by atoms with van der Waals surface area (Å²) in [5.41, 5.74) is 0.891. The highest BCUT2D eigenvalue weighted by Gasteiger charge is 2.07. The number of thioether (sulfide) groups is 1. The van der Waals surface area contributed by atoms with Gasteiger partial charge < -0.3 is 9.72 Å². The fraction of sp³-hybridized carbons (Fsp3) is 0.231. The lowest BCUT2D eigenvalue weighted by molar-refractivity contribution is 0.180. The van der Waals surface area contributed by atoms with Crippen LogP contribution in [0.25, 0.3) is 0 Å². The van der Waals surface area contributed by atoms with E-state index in [1.54, 1.807) is 18.9 Å². The van der Waals surface area contributed by atoms with Crippen LogP contribution in [0.2, 0.25) is 5.02 Å². The number of H-pyrrole nitrogens is 1. The van der Waals surface area contributed by atoms with Crippen molar-refractivity contribution in [2.75, 3.05) is 7.11 Å². The number of ether oxygens (including phenoxy) is 1. The average Bonchev–Trinajstić information content (AvgIpc) is 2.43. The average molecular weight is 392 g/mol. The van der Waals surface area contributed by atoms with Gasteiger partial charge in [0.05, 0.1) is 27.5 Å². The number of halogens is 2. The number of benzene rings is 1. The van der Waals surface area contributed by atoms with Crippen molar-refractivity contribution >= 4 is 51.5 Å². The van der Waals surface area contributed by atoms with Gasteiger partial charge in [-0.2, -0.15) is 0 Å². The van der Waals surface area contributed by atoms with Crippen LogP contribution in [-0.2, 0) is 17.1 Å². The van der Waals surface area contributed by atoms with E-state index in [4.69, 9.17) is 28.6 Å². The Kier molecular flexibility index (Phi) is 6.04. The van der Waals surface area contributed by atoms with Crippen LogP contribution < -0.4 is 0 Å². The van der Waals surface area contributed by atoms with Crippen LogP contribution in [0.4, 0.5) is 0 Å². The second-order valence-corrected chi connectivity index (χ2v) is 6.54. The van der Waals surface area contributed by atoms with Crippen molar-refractivity contribution in [1.82, 2.24) is 9.97 Å². The van der Waals surface area contributed by atoms with E-state index in [-0.39, 0.29) is 0 Å². The van der Waals surface area contributed by atoms with Crippen molar-refractivity contribution in [2.24, 2.45) is 0 Å². The van der Waals surface area contributed by atoms with E-state index < -0.39 is 0 Å². The van der Waals surface area contributed by atoms with Crippen LogP contribution in [-0.4, -0.2) is 17.1 Å². The number of rotatable bonds is 5. The first-order chi connectivity index (χ1) is 9.61. The smallest absolute Gasteiger partial charge is 0.144 e. The van der Waals surface area contributed by atoms with Gasteiger partial charge in [-0.3, -0.25) is 0 Å². The highest BCUT2D eigenvalue weighted by molar-refractivity contribution is 9.10. The van der Waals surface area contributed by atoms with Gasteiger partial charge in [-0.05, 0) is 28.1 Å². The molecule has 0 atom stereocenters. The van der Waals surface area contributed by atoms with Gasteiger partial charge in [0.15, 0.2) is 0 Å². The second kappa shape index (κ2) is 7.56. The maximum atomic E-state index is 6.13. The molecule has 1 aromatic carbocycles. The summed E-state index contributed by atoms with van der Waals surface area (Å²) in [5, 5.41) is 0.741. The number of aromatic nitrogens is 2. The lowest BCUT2D eigenvalue weighted by atomic mass is 10.4. The summed E-state index contributed by atoms with van der Waals surface area (Å²) in [4.78, 5) is 8.60. The monoisotopic (exact) mass is 390 g/mol. The number of hydrogen-bond donors (Lipinski definition) is 1. The number of hydrogen-bond acceptors (Lipinski definition) is 4. The summed E-state index contributed by atoms with van der Waals surface area (Å²) in [5.74, 6) is 1.47. The molecule has 2 aromatic rings. The molecule has 0 aliphatic carbocycles. The lowest BCUT2D eigenvalue weighted by Crippen LogP contribution is -2.02. The Hall–Kier alpha value is -0.400. The summed E-state index contributed by atoms with van der Waals surface area (Å²) >= 11 is 16.4. The zero-order chi connectivity index (χ0) is 14.5. The van der Waals surface area contributed by atoms with Gasteiger partial charge in [0.25, 0.3) is 0 Å². The van der Waals surface area contributed by atoms with E-state index in [2.05, 4.69) is 25.9 Å². The van der Waals surface area contributed by atoms with Crippen molar-refractivity contribution in [3.05, 3.63) is 49.9 Å². The van der Waals surface area contributed by atoms with Gasteiger partial charge in [-0.15, -0.1) is 11.8 Å². The summed E-state index contributed by atoms with van der Waals surface area (Å²) in [7, 11) is 1.64. The Labute approximate surface area is 140 Å². The maximum absolute atomic E-state index is 6.13. The highest BCUT2D eigenvalue weighted by atomic mass is 79.9. The van der Waals surface area contributed by atoms with E-state index in [1.807, 2.05) is 24.3 Å². The molecule has 1 N–H and O–H groups in total. The van der Waals surface area contributed by atoms with E-state index in [0.717, 1.165) is 25.9 Å².